The molecule has 0 atom stereocenters. The van der Waals surface area contributed by atoms with Crippen molar-refractivity contribution in [3.63, 3.8) is 0 Å². The molecular formula is C7H13NO3S. The first-order chi connectivity index (χ1) is 5.53. The van der Waals surface area contributed by atoms with Crippen LogP contribution >= 0.6 is 0 Å². The molecule has 0 aromatic rings. The molecular weight excluding hydrogens is 178 g/mol. The molecule has 0 amide bonds. The van der Waals surface area contributed by atoms with E-state index in [1.165, 1.54) is 6.08 Å². The summed E-state index contributed by atoms with van der Waals surface area (Å²) in [5.41, 5.74) is 0. The van der Waals surface area contributed by atoms with Gasteiger partial charge in [-0.05, 0) is 12.8 Å². The van der Waals surface area contributed by atoms with Crippen LogP contribution in [-0.2, 0) is 10.0 Å². The Kier molecular flexibility index (Phi) is 2.87. The number of rotatable bonds is 4. The maximum absolute atomic E-state index is 11.1. The van der Waals surface area contributed by atoms with Gasteiger partial charge in [0.2, 0.25) is 10.0 Å². The van der Waals surface area contributed by atoms with E-state index in [0.29, 0.717) is 12.8 Å². The summed E-state index contributed by atoms with van der Waals surface area (Å²) >= 11 is 0. The second-order valence-electron chi connectivity index (χ2n) is 3.01. The Balaban J connectivity index is 2.35. The van der Waals surface area contributed by atoms with Crippen molar-refractivity contribution in [2.45, 2.75) is 25.0 Å². The molecule has 1 fully saturated rings. The van der Waals surface area contributed by atoms with Crippen LogP contribution in [0.1, 0.15) is 12.8 Å². The summed E-state index contributed by atoms with van der Waals surface area (Å²) in [7, 11) is -3.19. The lowest BCUT2D eigenvalue weighted by atomic mass is 9.91. The molecule has 0 aromatic carbocycles. The zero-order valence-corrected chi connectivity index (χ0v) is 7.55. The maximum Gasteiger partial charge on any atom is 0.215 e. The average Bonchev–Trinajstić information content (AvgIpc) is 1.83. The normalized spacial score (nSPS) is 29.4. The fourth-order valence-electron chi connectivity index (χ4n) is 1.14. The Morgan fingerprint density at radius 2 is 2.17 bits per heavy atom. The molecule has 70 valence electrons. The van der Waals surface area contributed by atoms with E-state index in [0.717, 1.165) is 0 Å². The topological polar surface area (TPSA) is 66.4 Å². The van der Waals surface area contributed by atoms with Crippen LogP contribution in [0, 0.1) is 0 Å². The van der Waals surface area contributed by atoms with Crippen molar-refractivity contribution in [1.29, 1.82) is 0 Å². The van der Waals surface area contributed by atoms with E-state index < -0.39 is 10.0 Å². The Labute approximate surface area is 72.3 Å². The molecule has 0 heterocycles. The first-order valence-corrected chi connectivity index (χ1v) is 5.47. The van der Waals surface area contributed by atoms with Crippen molar-refractivity contribution in [3.8, 4) is 0 Å². The van der Waals surface area contributed by atoms with Gasteiger partial charge in [-0.3, -0.25) is 0 Å². The highest BCUT2D eigenvalue weighted by Crippen LogP contribution is 2.19. The van der Waals surface area contributed by atoms with Gasteiger partial charge in [-0.15, -0.1) is 6.58 Å². The van der Waals surface area contributed by atoms with Gasteiger partial charge in [-0.25, -0.2) is 13.1 Å². The van der Waals surface area contributed by atoms with E-state index in [2.05, 4.69) is 11.3 Å². The Morgan fingerprint density at radius 1 is 1.58 bits per heavy atom. The predicted molar refractivity (Wildman–Crippen MR) is 46.1 cm³/mol. The quantitative estimate of drug-likeness (QED) is 0.595. The summed E-state index contributed by atoms with van der Waals surface area (Å²) < 4.78 is 24.6. The van der Waals surface area contributed by atoms with E-state index in [1.807, 2.05) is 0 Å². The highest BCUT2D eigenvalue weighted by molar-refractivity contribution is 7.89. The van der Waals surface area contributed by atoms with Crippen LogP contribution in [0.25, 0.3) is 0 Å². The zero-order chi connectivity index (χ0) is 9.19. The lowest BCUT2D eigenvalue weighted by molar-refractivity contribution is 0.0712. The molecule has 2 N–H and O–H groups in total. The predicted octanol–water partition coefficient (Wildman–Crippen LogP) is -0.385. The molecule has 0 aromatic heterocycles. The van der Waals surface area contributed by atoms with Crippen LogP contribution in [0.5, 0.6) is 0 Å². The van der Waals surface area contributed by atoms with E-state index in [1.54, 1.807) is 0 Å². The highest BCUT2D eigenvalue weighted by atomic mass is 32.2. The van der Waals surface area contributed by atoms with Gasteiger partial charge >= 0.3 is 0 Å². The van der Waals surface area contributed by atoms with Crippen molar-refractivity contribution in [3.05, 3.63) is 12.7 Å². The number of hydrogen-bond donors (Lipinski definition) is 2. The summed E-state index contributed by atoms with van der Waals surface area (Å²) in [6.07, 6.45) is 2.06. The lowest BCUT2D eigenvalue weighted by Crippen LogP contribution is -2.47. The maximum atomic E-state index is 11.1. The molecule has 1 aliphatic rings. The van der Waals surface area contributed by atoms with Gasteiger partial charge < -0.3 is 5.11 Å². The summed E-state index contributed by atoms with van der Waals surface area (Å²) in [4.78, 5) is 0. The number of hydrogen-bond acceptors (Lipinski definition) is 3. The minimum Gasteiger partial charge on any atom is -0.393 e. The summed E-state index contributed by atoms with van der Waals surface area (Å²) in [6.45, 7) is 3.34. The molecule has 0 unspecified atom stereocenters. The van der Waals surface area contributed by atoms with Gasteiger partial charge in [0.15, 0.2) is 0 Å². The van der Waals surface area contributed by atoms with Gasteiger partial charge in [0.05, 0.1) is 11.9 Å². The van der Waals surface area contributed by atoms with Crippen molar-refractivity contribution >= 4 is 10.0 Å². The molecule has 12 heavy (non-hydrogen) atoms. The summed E-state index contributed by atoms with van der Waals surface area (Å²) in [5.74, 6) is -0.0560. The molecule has 0 radical (unpaired) electrons. The van der Waals surface area contributed by atoms with E-state index in [-0.39, 0.29) is 17.9 Å². The van der Waals surface area contributed by atoms with Crippen molar-refractivity contribution in [2.75, 3.05) is 5.75 Å². The zero-order valence-electron chi connectivity index (χ0n) is 6.73. The molecule has 1 rings (SSSR count). The Hall–Kier alpha value is -0.390. The van der Waals surface area contributed by atoms with Gasteiger partial charge in [-0.2, -0.15) is 0 Å². The fraction of sp³-hybridized carbons (Fsp3) is 0.714. The monoisotopic (exact) mass is 191 g/mol. The average molecular weight is 191 g/mol. The van der Waals surface area contributed by atoms with Crippen LogP contribution in [0.3, 0.4) is 0 Å². The minimum absolute atomic E-state index is 0.0560. The summed E-state index contributed by atoms with van der Waals surface area (Å²) in [6, 6.07) is -0.0788. The van der Waals surface area contributed by atoms with E-state index in [9.17, 15) is 8.42 Å². The first kappa shape index (κ1) is 9.70. The van der Waals surface area contributed by atoms with Crippen molar-refractivity contribution in [1.82, 2.24) is 4.72 Å². The van der Waals surface area contributed by atoms with Crippen LogP contribution in [0.4, 0.5) is 0 Å². The van der Waals surface area contributed by atoms with Crippen LogP contribution in [0.2, 0.25) is 0 Å². The second-order valence-corrected chi connectivity index (χ2v) is 4.81. The largest absolute Gasteiger partial charge is 0.393 e. The fourth-order valence-corrected chi connectivity index (χ4v) is 2.25. The van der Waals surface area contributed by atoms with Crippen LogP contribution in [-0.4, -0.2) is 31.4 Å². The van der Waals surface area contributed by atoms with Gasteiger partial charge in [0, 0.05) is 6.04 Å². The number of aliphatic hydroxyl groups is 1. The number of nitrogens with one attached hydrogen (secondary N) is 1. The van der Waals surface area contributed by atoms with E-state index in [4.69, 9.17) is 5.11 Å². The molecule has 1 aliphatic carbocycles. The van der Waals surface area contributed by atoms with Gasteiger partial charge in [0.1, 0.15) is 0 Å². The number of sulfonamides is 1. The molecule has 1 saturated carbocycles. The SMILES string of the molecule is C=CCS(=O)(=O)NC1CC(O)C1. The minimum atomic E-state index is -3.19. The Morgan fingerprint density at radius 3 is 2.58 bits per heavy atom. The highest BCUT2D eigenvalue weighted by Gasteiger charge is 2.29. The third kappa shape index (κ3) is 2.58. The van der Waals surface area contributed by atoms with Crippen molar-refractivity contribution in [2.24, 2.45) is 0 Å². The molecule has 5 heteroatoms. The molecule has 0 saturated heterocycles. The molecule has 0 aliphatic heterocycles. The third-order valence-electron chi connectivity index (χ3n) is 1.80. The second kappa shape index (κ2) is 3.55. The first-order valence-electron chi connectivity index (χ1n) is 3.82. The third-order valence-corrected chi connectivity index (χ3v) is 3.16. The summed E-state index contributed by atoms with van der Waals surface area (Å²) in [5, 5.41) is 8.89. The van der Waals surface area contributed by atoms with E-state index >= 15 is 0 Å². The van der Waals surface area contributed by atoms with Gasteiger partial charge in [-0.1, -0.05) is 6.08 Å². The Bertz CT molecular complexity index is 254. The van der Waals surface area contributed by atoms with Crippen LogP contribution < -0.4 is 4.72 Å². The molecule has 4 nitrogen and oxygen atoms in total. The van der Waals surface area contributed by atoms with Crippen LogP contribution in [0.15, 0.2) is 12.7 Å². The molecule has 0 spiro atoms. The van der Waals surface area contributed by atoms with Crippen molar-refractivity contribution < 1.29 is 13.5 Å². The standard InChI is InChI=1S/C7H13NO3S/c1-2-3-12(10,11)8-6-4-7(9)5-6/h2,6-9H,1,3-5H2. The molecule has 0 bridgehead atoms. The lowest BCUT2D eigenvalue weighted by Gasteiger charge is -2.31. The smallest absolute Gasteiger partial charge is 0.215 e. The number of aliphatic hydroxyl groups excluding tert-OH is 1. The van der Waals surface area contributed by atoms with Gasteiger partial charge in [0.25, 0.3) is 0 Å².